The van der Waals surface area contributed by atoms with E-state index >= 15 is 0 Å². The Balaban J connectivity index is 2.29. The Morgan fingerprint density at radius 2 is 2.05 bits per heavy atom. The van der Waals surface area contributed by atoms with Crippen LogP contribution in [0.3, 0.4) is 0 Å². The number of amides is 2. The molecule has 0 saturated carbocycles. The van der Waals surface area contributed by atoms with Crippen LogP contribution in [0.2, 0.25) is 0 Å². The molecule has 7 nitrogen and oxygen atoms in total. The fourth-order valence-corrected chi connectivity index (χ4v) is 1.91. The summed E-state index contributed by atoms with van der Waals surface area (Å²) >= 11 is 0. The third kappa shape index (κ3) is 3.08. The molecule has 0 bridgehead atoms. The Bertz CT molecular complexity index is 707. The molecule has 1 N–H and O–H groups in total. The number of nitrogens with one attached hydrogen (secondary N) is 1. The number of ether oxygens (including phenoxy) is 1. The number of aromatic nitrogens is 1. The van der Waals surface area contributed by atoms with E-state index in [2.05, 4.69) is 10.3 Å². The number of carbonyl (C=O) groups is 2. The molecule has 0 aliphatic carbocycles. The van der Waals surface area contributed by atoms with Crippen LogP contribution in [-0.4, -0.2) is 42.9 Å². The van der Waals surface area contributed by atoms with Crippen molar-refractivity contribution in [2.24, 2.45) is 0 Å². The molecule has 0 aliphatic heterocycles. The maximum atomic E-state index is 12.2. The zero-order chi connectivity index (χ0) is 16.3. The summed E-state index contributed by atoms with van der Waals surface area (Å²) < 4.78 is 10.2. The van der Waals surface area contributed by atoms with Crippen molar-refractivity contribution in [1.82, 2.24) is 9.88 Å². The number of nitrogens with zero attached hydrogens (tertiary/aromatic N) is 2. The van der Waals surface area contributed by atoms with Gasteiger partial charge in [0.05, 0.1) is 12.7 Å². The first-order valence-corrected chi connectivity index (χ1v) is 6.55. The topological polar surface area (TPSA) is 84.7 Å². The van der Waals surface area contributed by atoms with Gasteiger partial charge in [0.1, 0.15) is 11.5 Å². The maximum absolute atomic E-state index is 12.2. The van der Waals surface area contributed by atoms with Gasteiger partial charge in [0, 0.05) is 19.8 Å². The number of rotatable bonds is 4. The second-order valence-corrected chi connectivity index (χ2v) is 4.83. The highest BCUT2D eigenvalue weighted by Crippen LogP contribution is 2.24. The number of oxazole rings is 1. The van der Waals surface area contributed by atoms with Crippen molar-refractivity contribution in [2.75, 3.05) is 26.5 Å². The van der Waals surface area contributed by atoms with E-state index < -0.39 is 5.91 Å². The van der Waals surface area contributed by atoms with Gasteiger partial charge >= 0.3 is 0 Å². The number of benzene rings is 1. The molecule has 0 radical (unpaired) electrons. The molecule has 0 aliphatic rings. The van der Waals surface area contributed by atoms with Gasteiger partial charge in [-0.05, 0) is 25.1 Å². The van der Waals surface area contributed by atoms with Crippen LogP contribution in [-0.2, 0) is 0 Å². The van der Waals surface area contributed by atoms with E-state index in [1.54, 1.807) is 39.2 Å². The van der Waals surface area contributed by atoms with Crippen LogP contribution in [0.25, 0.3) is 0 Å². The van der Waals surface area contributed by atoms with Gasteiger partial charge in [-0.3, -0.25) is 9.59 Å². The van der Waals surface area contributed by atoms with Crippen molar-refractivity contribution >= 4 is 17.5 Å². The average Bonchev–Trinajstić information content (AvgIpc) is 2.92. The SMILES string of the molecule is COc1ccc(NC(=O)c2ncoc2C)cc1C(=O)N(C)C. The monoisotopic (exact) mass is 303 g/mol. The zero-order valence-electron chi connectivity index (χ0n) is 12.8. The Kier molecular flexibility index (Phi) is 4.45. The molecule has 116 valence electrons. The van der Waals surface area contributed by atoms with Crippen LogP contribution in [0.5, 0.6) is 5.75 Å². The van der Waals surface area contributed by atoms with Crippen molar-refractivity contribution < 1.29 is 18.7 Å². The van der Waals surface area contributed by atoms with E-state index in [1.807, 2.05) is 0 Å². The highest BCUT2D eigenvalue weighted by atomic mass is 16.5. The van der Waals surface area contributed by atoms with Crippen molar-refractivity contribution in [1.29, 1.82) is 0 Å². The van der Waals surface area contributed by atoms with Gasteiger partial charge in [-0.15, -0.1) is 0 Å². The number of anilines is 1. The van der Waals surface area contributed by atoms with E-state index in [4.69, 9.17) is 9.15 Å². The first-order valence-electron chi connectivity index (χ1n) is 6.55. The Morgan fingerprint density at radius 1 is 1.32 bits per heavy atom. The predicted molar refractivity (Wildman–Crippen MR) is 80.2 cm³/mol. The van der Waals surface area contributed by atoms with Crippen LogP contribution < -0.4 is 10.1 Å². The summed E-state index contributed by atoms with van der Waals surface area (Å²) in [6, 6.07) is 4.84. The number of aryl methyl sites for hydroxylation is 1. The molecule has 0 spiro atoms. The molecule has 0 atom stereocenters. The quantitative estimate of drug-likeness (QED) is 0.933. The van der Waals surface area contributed by atoms with Gasteiger partial charge in [-0.2, -0.15) is 0 Å². The summed E-state index contributed by atoms with van der Waals surface area (Å²) in [4.78, 5) is 29.5. The molecule has 2 amide bonds. The predicted octanol–water partition coefficient (Wildman–Crippen LogP) is 1.95. The highest BCUT2D eigenvalue weighted by Gasteiger charge is 2.17. The fraction of sp³-hybridized carbons (Fsp3) is 0.267. The molecule has 0 fully saturated rings. The van der Waals surface area contributed by atoms with Gasteiger partial charge in [0.2, 0.25) is 0 Å². The second kappa shape index (κ2) is 6.30. The first-order chi connectivity index (χ1) is 10.4. The van der Waals surface area contributed by atoms with E-state index in [0.29, 0.717) is 22.8 Å². The Hall–Kier alpha value is -2.83. The molecule has 2 rings (SSSR count). The van der Waals surface area contributed by atoms with Crippen LogP contribution in [0.1, 0.15) is 26.6 Å². The molecule has 1 heterocycles. The van der Waals surface area contributed by atoms with E-state index in [-0.39, 0.29) is 11.6 Å². The maximum Gasteiger partial charge on any atom is 0.277 e. The standard InChI is InChI=1S/C15H17N3O4/c1-9-13(16-8-22-9)14(19)17-10-5-6-12(21-4)11(7-10)15(20)18(2)3/h5-8H,1-4H3,(H,17,19). The van der Waals surface area contributed by atoms with E-state index in [9.17, 15) is 9.59 Å². The van der Waals surface area contributed by atoms with E-state index in [1.165, 1.54) is 18.4 Å². The van der Waals surface area contributed by atoms with Gasteiger partial charge in [-0.25, -0.2) is 4.98 Å². The third-order valence-electron chi connectivity index (χ3n) is 3.05. The first kappa shape index (κ1) is 15.6. The van der Waals surface area contributed by atoms with Gasteiger partial charge in [0.15, 0.2) is 12.1 Å². The lowest BCUT2D eigenvalue weighted by Gasteiger charge is -2.14. The van der Waals surface area contributed by atoms with Gasteiger partial charge < -0.3 is 19.4 Å². The lowest BCUT2D eigenvalue weighted by Crippen LogP contribution is -2.22. The van der Waals surface area contributed by atoms with E-state index in [0.717, 1.165) is 0 Å². The lowest BCUT2D eigenvalue weighted by molar-refractivity contribution is 0.0824. The number of hydrogen-bond acceptors (Lipinski definition) is 5. The molecule has 22 heavy (non-hydrogen) atoms. The van der Waals surface area contributed by atoms with Crippen molar-refractivity contribution in [3.05, 3.63) is 41.6 Å². The minimum absolute atomic E-state index is 0.205. The van der Waals surface area contributed by atoms with Crippen LogP contribution >= 0.6 is 0 Å². The van der Waals surface area contributed by atoms with Gasteiger partial charge in [0.25, 0.3) is 11.8 Å². The molecule has 1 aromatic heterocycles. The molecule has 1 aromatic carbocycles. The lowest BCUT2D eigenvalue weighted by atomic mass is 10.1. The second-order valence-electron chi connectivity index (χ2n) is 4.83. The summed E-state index contributed by atoms with van der Waals surface area (Å²) in [5, 5.41) is 2.68. The van der Waals surface area contributed by atoms with Crippen molar-refractivity contribution in [3.8, 4) is 5.75 Å². The summed E-state index contributed by atoms with van der Waals surface area (Å²) in [5.74, 6) is 0.246. The average molecular weight is 303 g/mol. The molecule has 2 aromatic rings. The number of hydrogen-bond donors (Lipinski definition) is 1. The minimum Gasteiger partial charge on any atom is -0.496 e. The minimum atomic E-state index is -0.403. The van der Waals surface area contributed by atoms with Crippen LogP contribution in [0.15, 0.2) is 29.0 Å². The molecule has 0 unspecified atom stereocenters. The molecular weight excluding hydrogens is 286 g/mol. The van der Waals surface area contributed by atoms with Gasteiger partial charge in [-0.1, -0.05) is 0 Å². The summed E-state index contributed by atoms with van der Waals surface area (Å²) in [7, 11) is 4.77. The normalized spacial score (nSPS) is 10.2. The smallest absolute Gasteiger partial charge is 0.277 e. The molecular formula is C15H17N3O4. The molecule has 0 saturated heterocycles. The van der Waals surface area contributed by atoms with Crippen LogP contribution in [0, 0.1) is 6.92 Å². The van der Waals surface area contributed by atoms with Crippen molar-refractivity contribution in [2.45, 2.75) is 6.92 Å². The number of methoxy groups -OCH3 is 1. The number of carbonyl (C=O) groups excluding carboxylic acids is 2. The molecule has 7 heteroatoms. The zero-order valence-corrected chi connectivity index (χ0v) is 12.8. The fourth-order valence-electron chi connectivity index (χ4n) is 1.91. The highest BCUT2D eigenvalue weighted by molar-refractivity contribution is 6.04. The Morgan fingerprint density at radius 3 is 2.59 bits per heavy atom. The Labute approximate surface area is 127 Å². The third-order valence-corrected chi connectivity index (χ3v) is 3.05. The van der Waals surface area contributed by atoms with Crippen LogP contribution in [0.4, 0.5) is 5.69 Å². The largest absolute Gasteiger partial charge is 0.496 e. The summed E-state index contributed by atoms with van der Waals surface area (Å²) in [6.45, 7) is 1.65. The van der Waals surface area contributed by atoms with Crippen molar-refractivity contribution in [3.63, 3.8) is 0 Å². The summed E-state index contributed by atoms with van der Waals surface area (Å²) in [6.07, 6.45) is 1.21. The summed E-state index contributed by atoms with van der Waals surface area (Å²) in [5.41, 5.74) is 1.04.